The third-order valence-electron chi connectivity index (χ3n) is 4.43. The minimum absolute atomic E-state index is 0.0458. The normalized spacial score (nSPS) is 14.4. The summed E-state index contributed by atoms with van der Waals surface area (Å²) in [5.41, 5.74) is 1.20. The van der Waals surface area contributed by atoms with Gasteiger partial charge in [0.2, 0.25) is 0 Å². The second-order valence-electron chi connectivity index (χ2n) is 6.45. The third kappa shape index (κ3) is 5.47. The number of carbonyl (C=O) groups is 2. The summed E-state index contributed by atoms with van der Waals surface area (Å²) < 4.78 is 43.5. The maximum absolute atomic E-state index is 12.8. The number of benzene rings is 2. The number of rotatable bonds is 5. The van der Waals surface area contributed by atoms with Gasteiger partial charge in [-0.05, 0) is 23.8 Å². The fraction of sp³-hybridized carbons (Fsp3) is 0.300. The summed E-state index contributed by atoms with van der Waals surface area (Å²) in [5.74, 6) is -2.71. The van der Waals surface area contributed by atoms with Crippen molar-refractivity contribution in [3.63, 3.8) is 0 Å². The number of hydrogen-bond acceptors (Lipinski definition) is 4. The number of anilines is 2. The van der Waals surface area contributed by atoms with Crippen molar-refractivity contribution in [2.45, 2.75) is 12.7 Å². The van der Waals surface area contributed by atoms with E-state index in [1.807, 2.05) is 40.5 Å². The highest BCUT2D eigenvalue weighted by molar-refractivity contribution is 6.05. The summed E-state index contributed by atoms with van der Waals surface area (Å²) in [6.45, 7) is 2.31. The molecule has 2 amide bonds. The molecule has 1 aliphatic rings. The van der Waals surface area contributed by atoms with Gasteiger partial charge in [0.25, 0.3) is 5.91 Å². The molecule has 9 heteroatoms. The van der Waals surface area contributed by atoms with E-state index in [0.717, 1.165) is 5.56 Å². The number of ether oxygens (including phenoxy) is 1. The summed E-state index contributed by atoms with van der Waals surface area (Å²) in [5, 5.41) is 4.49. The molecule has 0 bridgehead atoms. The van der Waals surface area contributed by atoms with Crippen LogP contribution in [0.1, 0.15) is 15.9 Å². The van der Waals surface area contributed by atoms with E-state index in [1.54, 1.807) is 6.07 Å². The first-order chi connectivity index (χ1) is 13.8. The molecule has 0 aromatic heterocycles. The highest BCUT2D eigenvalue weighted by Gasteiger charge is 2.39. The Morgan fingerprint density at radius 3 is 2.38 bits per heavy atom. The molecule has 1 saturated heterocycles. The first-order valence-corrected chi connectivity index (χ1v) is 9.01. The van der Waals surface area contributed by atoms with Gasteiger partial charge in [-0.15, -0.1) is 0 Å². The molecule has 0 unspecified atom stereocenters. The van der Waals surface area contributed by atoms with Gasteiger partial charge in [0.05, 0.1) is 24.5 Å². The van der Waals surface area contributed by atoms with Crippen molar-refractivity contribution in [1.82, 2.24) is 5.32 Å². The second kappa shape index (κ2) is 8.95. The number of halogens is 3. The van der Waals surface area contributed by atoms with Crippen molar-refractivity contribution in [3.05, 3.63) is 59.7 Å². The highest BCUT2D eigenvalue weighted by atomic mass is 19.4. The Kier molecular flexibility index (Phi) is 6.38. The standard InChI is InChI=1S/C20H20F3N3O3/c21-20(22,23)19(28)25-17-12-15(26-8-10-29-11-9-26)6-7-16(17)18(27)24-13-14-4-2-1-3-5-14/h1-7,12H,8-11,13H2,(H,24,27)(H,25,28). The third-order valence-corrected chi connectivity index (χ3v) is 4.43. The van der Waals surface area contributed by atoms with Crippen molar-refractivity contribution in [2.75, 3.05) is 36.5 Å². The molecule has 1 aliphatic heterocycles. The van der Waals surface area contributed by atoms with Crippen LogP contribution in [0.15, 0.2) is 48.5 Å². The number of alkyl halides is 3. The Labute approximate surface area is 165 Å². The summed E-state index contributed by atoms with van der Waals surface area (Å²) >= 11 is 0. The van der Waals surface area contributed by atoms with E-state index in [2.05, 4.69) is 5.32 Å². The Balaban J connectivity index is 1.83. The van der Waals surface area contributed by atoms with Crippen LogP contribution in [0.25, 0.3) is 0 Å². The second-order valence-corrected chi connectivity index (χ2v) is 6.45. The number of hydrogen-bond donors (Lipinski definition) is 2. The summed E-state index contributed by atoms with van der Waals surface area (Å²) in [4.78, 5) is 26.0. The van der Waals surface area contributed by atoms with Crippen LogP contribution in [0.5, 0.6) is 0 Å². The molecule has 0 spiro atoms. The molecule has 0 radical (unpaired) electrons. The molecule has 3 rings (SSSR count). The first-order valence-electron chi connectivity index (χ1n) is 9.01. The van der Waals surface area contributed by atoms with Gasteiger partial charge in [-0.3, -0.25) is 9.59 Å². The highest BCUT2D eigenvalue weighted by Crippen LogP contribution is 2.27. The molecule has 0 atom stereocenters. The molecule has 0 aliphatic carbocycles. The molecular weight excluding hydrogens is 387 g/mol. The van der Waals surface area contributed by atoms with Gasteiger partial charge in [0.1, 0.15) is 0 Å². The van der Waals surface area contributed by atoms with E-state index in [0.29, 0.717) is 32.0 Å². The molecule has 6 nitrogen and oxygen atoms in total. The van der Waals surface area contributed by atoms with Crippen LogP contribution in [-0.4, -0.2) is 44.3 Å². The molecule has 154 valence electrons. The number of carbonyl (C=O) groups excluding carboxylic acids is 2. The van der Waals surface area contributed by atoms with E-state index in [1.165, 1.54) is 12.1 Å². The smallest absolute Gasteiger partial charge is 0.378 e. The van der Waals surface area contributed by atoms with Gasteiger partial charge in [0.15, 0.2) is 0 Å². The van der Waals surface area contributed by atoms with E-state index < -0.39 is 18.0 Å². The van der Waals surface area contributed by atoms with E-state index in [4.69, 9.17) is 4.74 Å². The molecule has 29 heavy (non-hydrogen) atoms. The zero-order valence-corrected chi connectivity index (χ0v) is 15.5. The fourth-order valence-electron chi connectivity index (χ4n) is 2.92. The van der Waals surface area contributed by atoms with Crippen molar-refractivity contribution >= 4 is 23.2 Å². The van der Waals surface area contributed by atoms with Gasteiger partial charge < -0.3 is 20.3 Å². The molecular formula is C20H20F3N3O3. The molecule has 0 saturated carbocycles. The van der Waals surface area contributed by atoms with Crippen LogP contribution in [0.3, 0.4) is 0 Å². The monoisotopic (exact) mass is 407 g/mol. The Morgan fingerprint density at radius 1 is 1.03 bits per heavy atom. The van der Waals surface area contributed by atoms with Crippen LogP contribution in [0.4, 0.5) is 24.5 Å². The topological polar surface area (TPSA) is 70.7 Å². The van der Waals surface area contributed by atoms with Crippen LogP contribution >= 0.6 is 0 Å². The lowest BCUT2D eigenvalue weighted by Crippen LogP contribution is -2.36. The van der Waals surface area contributed by atoms with Gasteiger partial charge in [-0.1, -0.05) is 30.3 Å². The SMILES string of the molecule is O=C(NCc1ccccc1)c1ccc(N2CCOCC2)cc1NC(=O)C(F)(F)F. The lowest BCUT2D eigenvalue weighted by atomic mass is 10.1. The maximum Gasteiger partial charge on any atom is 0.471 e. The largest absolute Gasteiger partial charge is 0.471 e. The van der Waals surface area contributed by atoms with Crippen LogP contribution in [0, 0.1) is 0 Å². The zero-order chi connectivity index (χ0) is 20.9. The number of nitrogens with one attached hydrogen (secondary N) is 2. The molecule has 2 aromatic rings. The first kappa shape index (κ1) is 20.7. The Bertz CT molecular complexity index is 866. The molecule has 1 fully saturated rings. The molecule has 2 N–H and O–H groups in total. The number of amides is 2. The van der Waals surface area contributed by atoms with Crippen molar-refractivity contribution in [1.29, 1.82) is 0 Å². The molecule has 2 aromatic carbocycles. The van der Waals surface area contributed by atoms with Gasteiger partial charge in [-0.25, -0.2) is 0 Å². The van der Waals surface area contributed by atoms with Gasteiger partial charge in [0, 0.05) is 25.3 Å². The maximum atomic E-state index is 12.8. The minimum atomic E-state index is -5.06. The average Bonchev–Trinajstić information content (AvgIpc) is 2.72. The van der Waals surface area contributed by atoms with Crippen molar-refractivity contribution < 1.29 is 27.5 Å². The van der Waals surface area contributed by atoms with Crippen molar-refractivity contribution in [2.24, 2.45) is 0 Å². The lowest BCUT2D eigenvalue weighted by Gasteiger charge is -2.29. The zero-order valence-electron chi connectivity index (χ0n) is 15.5. The molecule has 1 heterocycles. The summed E-state index contributed by atoms with van der Waals surface area (Å²) in [6.07, 6.45) is -5.06. The predicted molar refractivity (Wildman–Crippen MR) is 102 cm³/mol. The fourth-order valence-corrected chi connectivity index (χ4v) is 2.92. The quantitative estimate of drug-likeness (QED) is 0.800. The predicted octanol–water partition coefficient (Wildman–Crippen LogP) is 2.95. The van der Waals surface area contributed by atoms with Crippen LogP contribution in [-0.2, 0) is 16.1 Å². The van der Waals surface area contributed by atoms with Gasteiger partial charge >= 0.3 is 12.1 Å². The van der Waals surface area contributed by atoms with E-state index >= 15 is 0 Å². The minimum Gasteiger partial charge on any atom is -0.378 e. The Hall–Kier alpha value is -3.07. The van der Waals surface area contributed by atoms with Gasteiger partial charge in [-0.2, -0.15) is 13.2 Å². The summed E-state index contributed by atoms with van der Waals surface area (Å²) in [7, 11) is 0. The average molecular weight is 407 g/mol. The number of nitrogens with zero attached hydrogens (tertiary/aromatic N) is 1. The van der Waals surface area contributed by atoms with E-state index in [9.17, 15) is 22.8 Å². The number of morpholine rings is 1. The lowest BCUT2D eigenvalue weighted by molar-refractivity contribution is -0.167. The van der Waals surface area contributed by atoms with Crippen LogP contribution < -0.4 is 15.5 Å². The summed E-state index contributed by atoms with van der Waals surface area (Å²) in [6, 6.07) is 13.5. The van der Waals surface area contributed by atoms with E-state index in [-0.39, 0.29) is 17.8 Å². The Morgan fingerprint density at radius 2 is 1.72 bits per heavy atom. The van der Waals surface area contributed by atoms with Crippen LogP contribution in [0.2, 0.25) is 0 Å². The van der Waals surface area contributed by atoms with Crippen molar-refractivity contribution in [3.8, 4) is 0 Å².